The van der Waals surface area contributed by atoms with E-state index in [1.54, 1.807) is 10.9 Å². The molecular weight excluding hydrogens is 190 g/mol. The molecule has 0 spiro atoms. The van der Waals surface area contributed by atoms with Gasteiger partial charge in [0.15, 0.2) is 17.0 Å². The lowest BCUT2D eigenvalue weighted by molar-refractivity contribution is 1.08. The molecule has 0 bridgehead atoms. The van der Waals surface area contributed by atoms with Gasteiger partial charge >= 0.3 is 0 Å². The van der Waals surface area contributed by atoms with Gasteiger partial charge in [-0.3, -0.25) is 0 Å². The summed E-state index contributed by atoms with van der Waals surface area (Å²) in [6.45, 7) is 0. The van der Waals surface area contributed by atoms with Crippen molar-refractivity contribution in [1.29, 1.82) is 0 Å². The Morgan fingerprint density at radius 1 is 1.40 bits per heavy atom. The lowest BCUT2D eigenvalue weighted by Crippen LogP contribution is -2.04. The van der Waals surface area contributed by atoms with Crippen LogP contribution in [0.2, 0.25) is 0 Å². The zero-order valence-corrected chi connectivity index (χ0v) is 8.01. The quantitative estimate of drug-likeness (QED) is 0.728. The highest BCUT2D eigenvalue weighted by Gasteiger charge is 2.23. The first-order valence-corrected chi connectivity index (χ1v) is 4.79. The van der Waals surface area contributed by atoms with Crippen molar-refractivity contribution >= 4 is 17.0 Å². The SMILES string of the molecule is C#Cn1cnc2c(NC3CC3)ncnc21. The maximum Gasteiger partial charge on any atom is 0.177 e. The molecular formula is C10H9N5. The first-order valence-electron chi connectivity index (χ1n) is 4.79. The van der Waals surface area contributed by atoms with Crippen LogP contribution in [-0.2, 0) is 0 Å². The summed E-state index contributed by atoms with van der Waals surface area (Å²) in [5.41, 5.74) is 1.41. The molecule has 5 nitrogen and oxygen atoms in total. The van der Waals surface area contributed by atoms with Crippen LogP contribution < -0.4 is 5.32 Å². The average Bonchev–Trinajstić information content (AvgIpc) is 2.97. The standard InChI is InChI=1S/C10H9N5/c1-2-15-6-13-8-9(14-7-3-4-7)11-5-12-10(8)15/h1,5-7H,3-4H2,(H,11,12,14). The van der Waals surface area contributed by atoms with Crippen molar-refractivity contribution in [2.24, 2.45) is 0 Å². The molecule has 0 aromatic carbocycles. The molecule has 1 aliphatic carbocycles. The Bertz CT molecular complexity index is 546. The van der Waals surface area contributed by atoms with Crippen molar-refractivity contribution in [2.75, 3.05) is 5.32 Å². The molecule has 0 aliphatic heterocycles. The lowest BCUT2D eigenvalue weighted by atomic mass is 10.4. The van der Waals surface area contributed by atoms with E-state index in [0.29, 0.717) is 11.7 Å². The molecule has 0 atom stereocenters. The van der Waals surface area contributed by atoms with Gasteiger partial charge in [-0.05, 0) is 12.8 Å². The number of hydrogen-bond acceptors (Lipinski definition) is 4. The molecule has 0 radical (unpaired) electrons. The number of hydrogen-bond donors (Lipinski definition) is 1. The molecule has 2 aromatic rings. The maximum absolute atomic E-state index is 5.32. The van der Waals surface area contributed by atoms with Crippen LogP contribution in [0.4, 0.5) is 5.82 Å². The summed E-state index contributed by atoms with van der Waals surface area (Å²) in [6, 6.07) is 3.02. The van der Waals surface area contributed by atoms with Gasteiger partial charge in [0.05, 0.1) is 0 Å². The molecule has 1 fully saturated rings. The number of aromatic nitrogens is 4. The van der Waals surface area contributed by atoms with Crippen LogP contribution in [0.25, 0.3) is 11.2 Å². The number of rotatable bonds is 2. The number of imidazole rings is 1. The molecule has 0 unspecified atom stereocenters. The molecule has 0 amide bonds. The zero-order chi connectivity index (χ0) is 10.3. The van der Waals surface area contributed by atoms with Gasteiger partial charge in [-0.2, -0.15) is 0 Å². The summed E-state index contributed by atoms with van der Waals surface area (Å²) in [4.78, 5) is 12.5. The Labute approximate surface area is 86.6 Å². The molecule has 5 heteroatoms. The molecule has 1 aliphatic rings. The first kappa shape index (κ1) is 8.24. The van der Waals surface area contributed by atoms with Gasteiger partial charge < -0.3 is 5.32 Å². The van der Waals surface area contributed by atoms with Crippen LogP contribution in [-0.4, -0.2) is 25.6 Å². The Morgan fingerprint density at radius 3 is 3.00 bits per heavy atom. The van der Waals surface area contributed by atoms with E-state index >= 15 is 0 Å². The fraction of sp³-hybridized carbons (Fsp3) is 0.300. The summed E-state index contributed by atoms with van der Waals surface area (Å²) >= 11 is 0. The van der Waals surface area contributed by atoms with Crippen LogP contribution in [0.15, 0.2) is 12.7 Å². The van der Waals surface area contributed by atoms with Gasteiger partial charge in [0.2, 0.25) is 0 Å². The van der Waals surface area contributed by atoms with E-state index in [1.165, 1.54) is 19.2 Å². The fourth-order valence-corrected chi connectivity index (χ4v) is 1.46. The van der Waals surface area contributed by atoms with Crippen LogP contribution in [0.3, 0.4) is 0 Å². The van der Waals surface area contributed by atoms with Crippen molar-refractivity contribution in [3.05, 3.63) is 12.7 Å². The highest BCUT2D eigenvalue weighted by molar-refractivity contribution is 5.83. The molecule has 74 valence electrons. The third-order valence-electron chi connectivity index (χ3n) is 2.39. The van der Waals surface area contributed by atoms with E-state index in [1.807, 2.05) is 0 Å². The van der Waals surface area contributed by atoms with Crippen LogP contribution in [0.1, 0.15) is 12.8 Å². The summed E-state index contributed by atoms with van der Waals surface area (Å²) in [7, 11) is 0. The maximum atomic E-state index is 5.32. The predicted octanol–water partition coefficient (Wildman–Crippen LogP) is 0.839. The second kappa shape index (κ2) is 2.95. The van der Waals surface area contributed by atoms with Crippen molar-refractivity contribution < 1.29 is 0 Å². The number of fused-ring (bicyclic) bond motifs is 1. The van der Waals surface area contributed by atoms with Crippen LogP contribution in [0, 0.1) is 12.5 Å². The second-order valence-electron chi connectivity index (χ2n) is 3.56. The minimum absolute atomic E-state index is 0.541. The largest absolute Gasteiger partial charge is 0.365 e. The van der Waals surface area contributed by atoms with Crippen molar-refractivity contribution in [3.8, 4) is 12.5 Å². The molecule has 0 saturated heterocycles. The van der Waals surface area contributed by atoms with E-state index in [0.717, 1.165) is 11.3 Å². The lowest BCUT2D eigenvalue weighted by Gasteiger charge is -2.02. The van der Waals surface area contributed by atoms with Crippen molar-refractivity contribution in [3.63, 3.8) is 0 Å². The molecule has 1 N–H and O–H groups in total. The summed E-state index contributed by atoms with van der Waals surface area (Å²) in [6.07, 6.45) is 10.8. The minimum atomic E-state index is 0.541. The van der Waals surface area contributed by atoms with E-state index < -0.39 is 0 Å². The Hall–Kier alpha value is -2.09. The number of nitrogens with one attached hydrogen (secondary N) is 1. The number of nitrogens with zero attached hydrogens (tertiary/aromatic N) is 4. The highest BCUT2D eigenvalue weighted by atomic mass is 15.1. The smallest absolute Gasteiger partial charge is 0.177 e. The predicted molar refractivity (Wildman–Crippen MR) is 56.2 cm³/mol. The molecule has 3 rings (SSSR count). The van der Waals surface area contributed by atoms with E-state index in [-0.39, 0.29) is 0 Å². The second-order valence-corrected chi connectivity index (χ2v) is 3.56. The third kappa shape index (κ3) is 1.31. The van der Waals surface area contributed by atoms with Gasteiger partial charge in [0.25, 0.3) is 0 Å². The third-order valence-corrected chi connectivity index (χ3v) is 2.39. The van der Waals surface area contributed by atoms with Crippen molar-refractivity contribution in [2.45, 2.75) is 18.9 Å². The fourth-order valence-electron chi connectivity index (χ4n) is 1.46. The molecule has 2 aromatic heterocycles. The number of anilines is 1. The van der Waals surface area contributed by atoms with Crippen LogP contribution >= 0.6 is 0 Å². The molecule has 15 heavy (non-hydrogen) atoms. The number of terminal acetylenes is 1. The summed E-state index contributed by atoms with van der Waals surface area (Å²) in [5, 5.41) is 3.30. The summed E-state index contributed by atoms with van der Waals surface area (Å²) < 4.78 is 1.55. The van der Waals surface area contributed by atoms with Crippen molar-refractivity contribution in [1.82, 2.24) is 19.5 Å². The van der Waals surface area contributed by atoms with Gasteiger partial charge in [0.1, 0.15) is 12.7 Å². The topological polar surface area (TPSA) is 55.6 Å². The normalized spacial score (nSPS) is 15.1. The van der Waals surface area contributed by atoms with Gasteiger partial charge in [-0.1, -0.05) is 6.42 Å². The van der Waals surface area contributed by atoms with E-state index in [9.17, 15) is 0 Å². The summed E-state index contributed by atoms with van der Waals surface area (Å²) in [5.74, 6) is 0.775. The zero-order valence-electron chi connectivity index (χ0n) is 8.01. The Morgan fingerprint density at radius 2 is 2.27 bits per heavy atom. The molecule has 2 heterocycles. The Balaban J connectivity index is 2.13. The van der Waals surface area contributed by atoms with Crippen LogP contribution in [0.5, 0.6) is 0 Å². The van der Waals surface area contributed by atoms with E-state index in [2.05, 4.69) is 26.3 Å². The van der Waals surface area contributed by atoms with Gasteiger partial charge in [-0.25, -0.2) is 19.5 Å². The van der Waals surface area contributed by atoms with Gasteiger partial charge in [-0.15, -0.1) is 0 Å². The average molecular weight is 199 g/mol. The monoisotopic (exact) mass is 199 g/mol. The van der Waals surface area contributed by atoms with Gasteiger partial charge in [0, 0.05) is 12.1 Å². The Kier molecular flexibility index (Phi) is 1.62. The molecule has 1 saturated carbocycles. The first-order chi connectivity index (χ1) is 7.38. The minimum Gasteiger partial charge on any atom is -0.365 e. The highest BCUT2D eigenvalue weighted by Crippen LogP contribution is 2.26. The van der Waals surface area contributed by atoms with E-state index in [4.69, 9.17) is 6.42 Å².